The molecule has 1 unspecified atom stereocenters. The van der Waals surface area contributed by atoms with Crippen molar-refractivity contribution < 1.29 is 15.0 Å². The lowest BCUT2D eigenvalue weighted by Crippen LogP contribution is -2.38. The van der Waals surface area contributed by atoms with Crippen molar-refractivity contribution in [1.29, 1.82) is 0 Å². The van der Waals surface area contributed by atoms with Gasteiger partial charge in [0.05, 0.1) is 19.3 Å². The summed E-state index contributed by atoms with van der Waals surface area (Å²) in [5, 5.41) is 20.9. The lowest BCUT2D eigenvalue weighted by atomic mass is 10.0. The van der Waals surface area contributed by atoms with E-state index in [0.717, 1.165) is 12.0 Å². The predicted molar refractivity (Wildman–Crippen MR) is 70.2 cm³/mol. The van der Waals surface area contributed by atoms with E-state index in [0.29, 0.717) is 11.5 Å². The second kappa shape index (κ2) is 7.13. The molecule has 1 atom stereocenters. The number of carbonyl (C=O) groups is 1. The van der Waals surface area contributed by atoms with Gasteiger partial charge in [-0.1, -0.05) is 26.0 Å². The maximum Gasteiger partial charge on any atom is 0.251 e. The summed E-state index contributed by atoms with van der Waals surface area (Å²) in [6.45, 7) is 4.00. The molecule has 4 heteroatoms. The average Bonchev–Trinajstić information content (AvgIpc) is 2.37. The van der Waals surface area contributed by atoms with Crippen molar-refractivity contribution in [2.75, 3.05) is 6.61 Å². The molecule has 0 saturated heterocycles. The average molecular weight is 251 g/mol. The Labute approximate surface area is 108 Å². The van der Waals surface area contributed by atoms with Gasteiger partial charge < -0.3 is 15.5 Å². The monoisotopic (exact) mass is 251 g/mol. The molecule has 0 aliphatic rings. The van der Waals surface area contributed by atoms with E-state index in [9.17, 15) is 9.90 Å². The highest BCUT2D eigenvalue weighted by Gasteiger charge is 2.14. The second-order valence-electron chi connectivity index (χ2n) is 4.84. The van der Waals surface area contributed by atoms with E-state index >= 15 is 0 Å². The molecular formula is C14H21NO3. The van der Waals surface area contributed by atoms with Crippen molar-refractivity contribution in [3.63, 3.8) is 0 Å². The maximum atomic E-state index is 11.9. The van der Waals surface area contributed by atoms with Crippen molar-refractivity contribution in [2.45, 2.75) is 32.9 Å². The van der Waals surface area contributed by atoms with Gasteiger partial charge in [-0.2, -0.15) is 0 Å². The van der Waals surface area contributed by atoms with E-state index in [1.54, 1.807) is 24.3 Å². The summed E-state index contributed by atoms with van der Waals surface area (Å²) in [6.07, 6.45) is 0.747. The minimum atomic E-state index is -0.213. The molecule has 0 aliphatic heterocycles. The Morgan fingerprint density at radius 1 is 1.22 bits per heavy atom. The van der Waals surface area contributed by atoms with Crippen LogP contribution in [0.3, 0.4) is 0 Å². The normalized spacial score (nSPS) is 12.5. The number of benzene rings is 1. The number of hydrogen-bond acceptors (Lipinski definition) is 3. The van der Waals surface area contributed by atoms with Gasteiger partial charge in [0.1, 0.15) is 0 Å². The molecule has 0 saturated carbocycles. The molecule has 0 aromatic heterocycles. The molecule has 0 fully saturated rings. The Balaban J connectivity index is 2.62. The molecule has 0 bridgehead atoms. The van der Waals surface area contributed by atoms with Gasteiger partial charge in [-0.05, 0) is 30.0 Å². The third kappa shape index (κ3) is 4.47. The molecule has 3 N–H and O–H groups in total. The molecule has 1 aromatic rings. The number of hydrogen-bond donors (Lipinski definition) is 3. The third-order valence-electron chi connectivity index (χ3n) is 2.71. The van der Waals surface area contributed by atoms with Gasteiger partial charge >= 0.3 is 0 Å². The first-order chi connectivity index (χ1) is 8.56. The van der Waals surface area contributed by atoms with E-state index in [-0.39, 0.29) is 25.2 Å². The Morgan fingerprint density at radius 2 is 1.83 bits per heavy atom. The fraction of sp³-hybridized carbons (Fsp3) is 0.500. The molecule has 0 radical (unpaired) electrons. The molecular weight excluding hydrogens is 230 g/mol. The largest absolute Gasteiger partial charge is 0.394 e. The summed E-state index contributed by atoms with van der Waals surface area (Å²) in [6, 6.07) is 6.56. The number of amides is 1. The summed E-state index contributed by atoms with van der Waals surface area (Å²) in [5.41, 5.74) is 1.31. The molecule has 0 aliphatic carbocycles. The van der Waals surface area contributed by atoms with Crippen LogP contribution in [0.4, 0.5) is 0 Å². The maximum absolute atomic E-state index is 11.9. The zero-order valence-electron chi connectivity index (χ0n) is 10.9. The molecule has 100 valence electrons. The molecule has 1 aromatic carbocycles. The summed E-state index contributed by atoms with van der Waals surface area (Å²) >= 11 is 0. The Kier molecular flexibility index (Phi) is 5.82. The van der Waals surface area contributed by atoms with Gasteiger partial charge in [-0.15, -0.1) is 0 Å². The number of rotatable bonds is 6. The summed E-state index contributed by atoms with van der Waals surface area (Å²) < 4.78 is 0. The van der Waals surface area contributed by atoms with Crippen LogP contribution >= 0.6 is 0 Å². The molecule has 0 spiro atoms. The summed E-state index contributed by atoms with van der Waals surface area (Å²) in [7, 11) is 0. The van der Waals surface area contributed by atoms with Crippen molar-refractivity contribution in [3.05, 3.63) is 35.4 Å². The van der Waals surface area contributed by atoms with Crippen molar-refractivity contribution in [3.8, 4) is 0 Å². The first-order valence-electron chi connectivity index (χ1n) is 6.18. The number of aliphatic hydroxyl groups is 2. The van der Waals surface area contributed by atoms with Gasteiger partial charge in [0, 0.05) is 5.56 Å². The van der Waals surface area contributed by atoms with E-state index in [1.165, 1.54) is 0 Å². The fourth-order valence-electron chi connectivity index (χ4n) is 1.78. The van der Waals surface area contributed by atoms with Crippen LogP contribution in [0.25, 0.3) is 0 Å². The van der Waals surface area contributed by atoms with Gasteiger partial charge in [-0.25, -0.2) is 0 Å². The van der Waals surface area contributed by atoms with Crippen LogP contribution in [0, 0.1) is 5.92 Å². The highest BCUT2D eigenvalue weighted by Crippen LogP contribution is 2.07. The van der Waals surface area contributed by atoms with Crippen LogP contribution in [0.2, 0.25) is 0 Å². The standard InChI is InChI=1S/C14H21NO3/c1-10(2)7-13(9-17)15-14(18)12-5-3-11(8-16)4-6-12/h3-6,10,13,16-17H,7-9H2,1-2H3,(H,15,18). The minimum Gasteiger partial charge on any atom is -0.394 e. The third-order valence-corrected chi connectivity index (χ3v) is 2.71. The predicted octanol–water partition coefficient (Wildman–Crippen LogP) is 1.32. The van der Waals surface area contributed by atoms with E-state index < -0.39 is 0 Å². The van der Waals surface area contributed by atoms with Crippen molar-refractivity contribution in [1.82, 2.24) is 5.32 Å². The van der Waals surface area contributed by atoms with Crippen LogP contribution in [-0.4, -0.2) is 28.8 Å². The Bertz CT molecular complexity index is 373. The first-order valence-corrected chi connectivity index (χ1v) is 6.18. The highest BCUT2D eigenvalue weighted by atomic mass is 16.3. The number of carbonyl (C=O) groups excluding carboxylic acids is 1. The number of aliphatic hydroxyl groups excluding tert-OH is 2. The molecule has 4 nitrogen and oxygen atoms in total. The topological polar surface area (TPSA) is 69.6 Å². The van der Waals surface area contributed by atoms with Crippen LogP contribution in [0.1, 0.15) is 36.2 Å². The second-order valence-corrected chi connectivity index (χ2v) is 4.84. The number of nitrogens with one attached hydrogen (secondary N) is 1. The minimum absolute atomic E-state index is 0.0332. The highest BCUT2D eigenvalue weighted by molar-refractivity contribution is 5.94. The SMILES string of the molecule is CC(C)CC(CO)NC(=O)c1ccc(CO)cc1. The lowest BCUT2D eigenvalue weighted by molar-refractivity contribution is 0.0908. The van der Waals surface area contributed by atoms with Crippen LogP contribution in [0.5, 0.6) is 0 Å². The molecule has 1 rings (SSSR count). The molecule has 0 heterocycles. The zero-order valence-corrected chi connectivity index (χ0v) is 10.9. The fourth-order valence-corrected chi connectivity index (χ4v) is 1.78. The van der Waals surface area contributed by atoms with Crippen molar-refractivity contribution in [2.24, 2.45) is 5.92 Å². The lowest BCUT2D eigenvalue weighted by Gasteiger charge is -2.18. The summed E-state index contributed by atoms with van der Waals surface area (Å²) in [4.78, 5) is 11.9. The quantitative estimate of drug-likeness (QED) is 0.714. The Morgan fingerprint density at radius 3 is 2.28 bits per heavy atom. The van der Waals surface area contributed by atoms with Gasteiger partial charge in [0.15, 0.2) is 0 Å². The Hall–Kier alpha value is -1.39. The van der Waals surface area contributed by atoms with Crippen molar-refractivity contribution >= 4 is 5.91 Å². The van der Waals surface area contributed by atoms with E-state index in [1.807, 2.05) is 13.8 Å². The van der Waals surface area contributed by atoms with Crippen LogP contribution in [0.15, 0.2) is 24.3 Å². The smallest absolute Gasteiger partial charge is 0.251 e. The first kappa shape index (κ1) is 14.7. The molecule has 1 amide bonds. The van der Waals surface area contributed by atoms with Crippen LogP contribution in [-0.2, 0) is 6.61 Å². The van der Waals surface area contributed by atoms with Gasteiger partial charge in [0.25, 0.3) is 5.91 Å². The zero-order chi connectivity index (χ0) is 13.5. The molecule has 18 heavy (non-hydrogen) atoms. The van der Waals surface area contributed by atoms with E-state index in [4.69, 9.17) is 5.11 Å². The van der Waals surface area contributed by atoms with Gasteiger partial charge in [0.2, 0.25) is 0 Å². The van der Waals surface area contributed by atoms with Crippen LogP contribution < -0.4 is 5.32 Å². The van der Waals surface area contributed by atoms with Gasteiger partial charge in [-0.3, -0.25) is 4.79 Å². The van der Waals surface area contributed by atoms with E-state index in [2.05, 4.69) is 5.32 Å². The summed E-state index contributed by atoms with van der Waals surface area (Å²) in [5.74, 6) is 0.221.